The number of carbonyl (C=O) groups excluding carboxylic acids is 4. The van der Waals surface area contributed by atoms with E-state index in [0.717, 1.165) is 0 Å². The summed E-state index contributed by atoms with van der Waals surface area (Å²) in [7, 11) is 1.33. The lowest BCUT2D eigenvalue weighted by Crippen LogP contribution is -2.53. The minimum Gasteiger partial charge on any atom is -0.503 e. The molecule has 6 atom stereocenters. The molecule has 50 heavy (non-hydrogen) atoms. The number of imide groups is 2. The van der Waals surface area contributed by atoms with Crippen LogP contribution >= 0.6 is 39.1 Å². The van der Waals surface area contributed by atoms with E-state index >= 15 is 4.79 Å². The second-order valence-corrected chi connectivity index (χ2v) is 14.2. The summed E-state index contributed by atoms with van der Waals surface area (Å²) < 4.78 is 45.8. The predicted molar refractivity (Wildman–Crippen MR) is 173 cm³/mol. The van der Waals surface area contributed by atoms with Gasteiger partial charge in [0.05, 0.1) is 45.3 Å². The van der Waals surface area contributed by atoms with Crippen molar-refractivity contribution >= 4 is 68.6 Å². The van der Waals surface area contributed by atoms with Crippen molar-refractivity contribution in [1.82, 2.24) is 15.1 Å². The van der Waals surface area contributed by atoms with Crippen molar-refractivity contribution in [3.8, 4) is 11.5 Å². The molecule has 3 N–H and O–H groups in total. The van der Waals surface area contributed by atoms with Gasteiger partial charge in [-0.05, 0) is 76.1 Å². The Kier molecular flexibility index (Phi) is 8.20. The standard InChI is InChI=1S/C33H24BrCl2F3N4O7/c1-50-23-9-13(8-21(34)26(23)44)25-17-6-7-18-24(30(47)43(49)28(18)45)19(17)11-20-29(46)42(31(48)32(20,25)14-2-4-16(35)5-3-14)41-27-22(36)10-15(12-40-27)33(37,38)39/h2-6,8-10,12,18-20,24-25,44,49H,7,11H2,1H3,(H,40,41). The number of phenols is 1. The SMILES string of the molecule is COc1cc(C2C3=CCC4C(=O)N(O)C(=O)C4C3CC3C(=O)N(Nc4ncc(C(F)(F)F)cc4Cl)C(=O)C32c2ccc(Cl)cc2)cc(Br)c1O. The van der Waals surface area contributed by atoms with Crippen LogP contribution in [0.3, 0.4) is 0 Å². The van der Waals surface area contributed by atoms with Crippen molar-refractivity contribution in [3.63, 3.8) is 0 Å². The van der Waals surface area contributed by atoms with Crippen molar-refractivity contribution < 1.29 is 47.4 Å². The average Bonchev–Trinajstić information content (AvgIpc) is 3.43. The number of amides is 4. The molecule has 0 radical (unpaired) electrons. The summed E-state index contributed by atoms with van der Waals surface area (Å²) in [5, 5.41) is 21.6. The van der Waals surface area contributed by atoms with E-state index in [2.05, 4.69) is 26.3 Å². The van der Waals surface area contributed by atoms with Crippen LogP contribution in [-0.4, -0.2) is 56.1 Å². The fourth-order valence-electron chi connectivity index (χ4n) is 8.06. The van der Waals surface area contributed by atoms with E-state index in [-0.39, 0.29) is 33.9 Å². The predicted octanol–water partition coefficient (Wildman–Crippen LogP) is 6.26. The van der Waals surface area contributed by atoms with Gasteiger partial charge in [0.25, 0.3) is 23.6 Å². The lowest BCUT2D eigenvalue weighted by atomic mass is 9.49. The second kappa shape index (κ2) is 12.0. The number of allylic oxidation sites excluding steroid dienone is 2. The number of aromatic nitrogens is 1. The van der Waals surface area contributed by atoms with Crippen LogP contribution in [0.15, 0.2) is 64.8 Å². The van der Waals surface area contributed by atoms with Gasteiger partial charge in [0.1, 0.15) is 0 Å². The Labute approximate surface area is 299 Å². The molecule has 3 fully saturated rings. The van der Waals surface area contributed by atoms with E-state index < -0.39 is 81.2 Å². The number of aromatic hydroxyl groups is 1. The third-order valence-electron chi connectivity index (χ3n) is 10.1. The fraction of sp³-hybridized carbons (Fsp3) is 0.303. The smallest absolute Gasteiger partial charge is 0.417 e. The van der Waals surface area contributed by atoms with Crippen LogP contribution in [0.1, 0.15) is 35.4 Å². The number of phenolic OH excluding ortho intramolecular Hbond substituents is 1. The molecule has 0 spiro atoms. The van der Waals surface area contributed by atoms with Crippen LogP contribution in [-0.2, 0) is 30.8 Å². The van der Waals surface area contributed by atoms with Crippen LogP contribution in [0.2, 0.25) is 10.0 Å². The molecule has 2 aliphatic carbocycles. The van der Waals surface area contributed by atoms with Gasteiger partial charge < -0.3 is 9.84 Å². The number of hydrazine groups is 1. The molecule has 6 unspecified atom stereocenters. The Balaban J connectivity index is 1.47. The highest BCUT2D eigenvalue weighted by atomic mass is 79.9. The molecule has 1 saturated carbocycles. The van der Waals surface area contributed by atoms with E-state index in [9.17, 15) is 37.9 Å². The summed E-state index contributed by atoms with van der Waals surface area (Å²) in [5.41, 5.74) is 0.857. The van der Waals surface area contributed by atoms with E-state index in [1.54, 1.807) is 24.3 Å². The molecule has 3 aromatic rings. The van der Waals surface area contributed by atoms with E-state index in [1.807, 2.05) is 0 Å². The number of hydroxylamine groups is 2. The molecule has 3 heterocycles. The molecular formula is C33H24BrCl2F3N4O7. The molecule has 260 valence electrons. The summed E-state index contributed by atoms with van der Waals surface area (Å²) in [4.78, 5) is 59.8. The summed E-state index contributed by atoms with van der Waals surface area (Å²) in [5.74, 6) is -8.98. The third-order valence-corrected chi connectivity index (χ3v) is 11.3. The Morgan fingerprint density at radius 2 is 1.74 bits per heavy atom. The number of fused-ring (bicyclic) bond motifs is 4. The number of ether oxygens (including phenoxy) is 1. The van der Waals surface area contributed by atoms with E-state index in [0.29, 0.717) is 39.0 Å². The number of methoxy groups -OCH3 is 1. The normalized spacial score (nSPS) is 27.6. The summed E-state index contributed by atoms with van der Waals surface area (Å²) in [6.45, 7) is 0. The largest absolute Gasteiger partial charge is 0.503 e. The number of hydrogen-bond acceptors (Lipinski definition) is 9. The maximum Gasteiger partial charge on any atom is 0.417 e. The van der Waals surface area contributed by atoms with E-state index in [1.165, 1.54) is 25.3 Å². The van der Waals surface area contributed by atoms with Crippen molar-refractivity contribution in [2.45, 2.75) is 30.4 Å². The van der Waals surface area contributed by atoms with Gasteiger partial charge in [-0.3, -0.25) is 29.8 Å². The first kappa shape index (κ1) is 34.3. The first-order chi connectivity index (χ1) is 23.6. The zero-order chi connectivity index (χ0) is 36.0. The quantitative estimate of drug-likeness (QED) is 0.155. The maximum absolute atomic E-state index is 15.1. The molecule has 4 amide bonds. The molecule has 2 aliphatic heterocycles. The van der Waals surface area contributed by atoms with Crippen LogP contribution in [0.25, 0.3) is 0 Å². The zero-order valence-electron chi connectivity index (χ0n) is 25.5. The molecule has 1 aromatic heterocycles. The van der Waals surface area contributed by atoms with Crippen molar-refractivity contribution in [3.05, 3.63) is 91.5 Å². The van der Waals surface area contributed by atoms with Gasteiger partial charge in [0.15, 0.2) is 17.3 Å². The number of hydrogen-bond donors (Lipinski definition) is 3. The average molecular weight is 796 g/mol. The molecule has 11 nitrogen and oxygen atoms in total. The lowest BCUT2D eigenvalue weighted by molar-refractivity contribution is -0.173. The van der Waals surface area contributed by atoms with Gasteiger partial charge >= 0.3 is 6.18 Å². The molecule has 2 aromatic carbocycles. The van der Waals surface area contributed by atoms with Crippen molar-refractivity contribution in [2.24, 2.45) is 23.7 Å². The first-order valence-electron chi connectivity index (χ1n) is 15.1. The van der Waals surface area contributed by atoms with Crippen LogP contribution < -0.4 is 10.2 Å². The van der Waals surface area contributed by atoms with Gasteiger partial charge in [-0.15, -0.1) is 0 Å². The summed E-state index contributed by atoms with van der Waals surface area (Å²) in [6, 6.07) is 9.89. The molecule has 17 heteroatoms. The highest BCUT2D eigenvalue weighted by Gasteiger charge is 2.70. The highest BCUT2D eigenvalue weighted by molar-refractivity contribution is 9.10. The molecule has 0 bridgehead atoms. The number of carbonyl (C=O) groups is 4. The van der Waals surface area contributed by atoms with Gasteiger partial charge in [-0.1, -0.05) is 47.0 Å². The Morgan fingerprint density at radius 1 is 1.04 bits per heavy atom. The number of nitrogens with one attached hydrogen (secondary N) is 1. The number of benzene rings is 2. The monoisotopic (exact) mass is 794 g/mol. The first-order valence-corrected chi connectivity index (χ1v) is 16.6. The maximum atomic E-state index is 15.1. The molecule has 7 rings (SSSR count). The summed E-state index contributed by atoms with van der Waals surface area (Å²) >= 11 is 15.8. The van der Waals surface area contributed by atoms with Gasteiger partial charge in [-0.25, -0.2) is 4.98 Å². The number of halogens is 6. The van der Waals surface area contributed by atoms with Crippen LogP contribution in [0, 0.1) is 23.7 Å². The number of pyridine rings is 1. The van der Waals surface area contributed by atoms with E-state index in [4.69, 9.17) is 27.9 Å². The minimum absolute atomic E-state index is 0.0229. The van der Waals surface area contributed by atoms with Crippen LogP contribution in [0.5, 0.6) is 11.5 Å². The fourth-order valence-corrected chi connectivity index (χ4v) is 8.85. The van der Waals surface area contributed by atoms with Crippen LogP contribution in [0.4, 0.5) is 19.0 Å². The van der Waals surface area contributed by atoms with Crippen molar-refractivity contribution in [1.29, 1.82) is 0 Å². The highest BCUT2D eigenvalue weighted by Crippen LogP contribution is 2.64. The van der Waals surface area contributed by atoms with Crippen molar-refractivity contribution in [2.75, 3.05) is 12.5 Å². The number of anilines is 1. The lowest BCUT2D eigenvalue weighted by Gasteiger charge is -2.50. The molecule has 4 aliphatic rings. The minimum atomic E-state index is -4.76. The zero-order valence-corrected chi connectivity index (χ0v) is 28.6. The molecule has 2 saturated heterocycles. The second-order valence-electron chi connectivity index (χ2n) is 12.5. The van der Waals surface area contributed by atoms with Gasteiger partial charge in [0.2, 0.25) is 0 Å². The van der Waals surface area contributed by atoms with Gasteiger partial charge in [0, 0.05) is 17.1 Å². The van der Waals surface area contributed by atoms with Gasteiger partial charge in [-0.2, -0.15) is 23.2 Å². The number of nitrogens with zero attached hydrogens (tertiary/aromatic N) is 3. The Morgan fingerprint density at radius 3 is 2.38 bits per heavy atom. The topological polar surface area (TPSA) is 149 Å². The Hall–Kier alpha value is -4.18. The molecular weight excluding hydrogens is 772 g/mol. The third kappa shape index (κ3) is 4.92. The number of rotatable bonds is 5. The Bertz CT molecular complexity index is 2030. The summed E-state index contributed by atoms with van der Waals surface area (Å²) in [6.07, 6.45) is -2.61. The number of alkyl halides is 3.